The van der Waals surface area contributed by atoms with Gasteiger partial charge in [-0.15, -0.1) is 0 Å². The Labute approximate surface area is 105 Å². The molecule has 17 heavy (non-hydrogen) atoms. The molecule has 2 nitrogen and oxygen atoms in total. The molecule has 1 aliphatic carbocycles. The molecule has 0 bridgehead atoms. The second-order valence-electron chi connectivity index (χ2n) is 5.34. The predicted molar refractivity (Wildman–Crippen MR) is 71.9 cm³/mol. The summed E-state index contributed by atoms with van der Waals surface area (Å²) < 4.78 is 0. The van der Waals surface area contributed by atoms with Crippen molar-refractivity contribution in [2.24, 2.45) is 11.8 Å². The van der Waals surface area contributed by atoms with Gasteiger partial charge in [-0.2, -0.15) is 0 Å². The Kier molecular flexibility index (Phi) is 4.16. The van der Waals surface area contributed by atoms with Gasteiger partial charge in [-0.05, 0) is 48.9 Å². The van der Waals surface area contributed by atoms with Crippen molar-refractivity contribution >= 4 is 0 Å². The zero-order valence-corrected chi connectivity index (χ0v) is 11.2. The lowest BCUT2D eigenvalue weighted by Gasteiger charge is -2.29. The van der Waals surface area contributed by atoms with Crippen molar-refractivity contribution in [3.8, 4) is 0 Å². The largest absolute Gasteiger partial charge is 0.310 e. The number of hydrogen-bond acceptors (Lipinski definition) is 2. The molecule has 2 heteroatoms. The Morgan fingerprint density at radius 2 is 2.29 bits per heavy atom. The first-order chi connectivity index (χ1) is 8.24. The minimum Gasteiger partial charge on any atom is -0.310 e. The third kappa shape index (κ3) is 2.68. The predicted octanol–water partition coefficient (Wildman–Crippen LogP) is 3.48. The summed E-state index contributed by atoms with van der Waals surface area (Å²) >= 11 is 0. The van der Waals surface area contributed by atoms with Crippen LogP contribution in [0.1, 0.15) is 50.3 Å². The summed E-state index contributed by atoms with van der Waals surface area (Å²) in [6, 6.07) is 2.62. The molecule has 1 aromatic rings. The summed E-state index contributed by atoms with van der Waals surface area (Å²) in [4.78, 5) is 4.31. The second kappa shape index (κ2) is 5.63. The number of nitrogens with zero attached hydrogens (tertiary/aromatic N) is 1. The number of aryl methyl sites for hydroxylation is 1. The van der Waals surface area contributed by atoms with Gasteiger partial charge < -0.3 is 5.32 Å². The molecular formula is C15H24N2. The van der Waals surface area contributed by atoms with Crippen LogP contribution in [0.3, 0.4) is 0 Å². The Hall–Kier alpha value is -0.890. The van der Waals surface area contributed by atoms with Crippen LogP contribution in [0.2, 0.25) is 0 Å². The molecule has 0 spiro atoms. The van der Waals surface area contributed by atoms with Gasteiger partial charge in [-0.1, -0.05) is 26.7 Å². The van der Waals surface area contributed by atoms with Gasteiger partial charge in [-0.3, -0.25) is 4.98 Å². The third-order valence-electron chi connectivity index (χ3n) is 4.19. The van der Waals surface area contributed by atoms with E-state index in [1.807, 2.05) is 12.4 Å². The average molecular weight is 232 g/mol. The monoisotopic (exact) mass is 232 g/mol. The Morgan fingerprint density at radius 1 is 1.47 bits per heavy atom. The van der Waals surface area contributed by atoms with Crippen LogP contribution in [0.5, 0.6) is 0 Å². The van der Waals surface area contributed by atoms with Crippen molar-refractivity contribution in [3.63, 3.8) is 0 Å². The second-order valence-corrected chi connectivity index (χ2v) is 5.34. The highest BCUT2D eigenvalue weighted by Gasteiger charge is 2.32. The molecule has 3 atom stereocenters. The standard InChI is InChI=1S/C15H24N2/c1-4-17-15(13-7-5-6-11(13)2)14-10-16-9-8-12(14)3/h8-11,13,15,17H,4-7H2,1-3H3. The van der Waals surface area contributed by atoms with E-state index in [0.717, 1.165) is 18.4 Å². The smallest absolute Gasteiger partial charge is 0.0369 e. The van der Waals surface area contributed by atoms with Gasteiger partial charge in [0, 0.05) is 18.4 Å². The van der Waals surface area contributed by atoms with E-state index in [4.69, 9.17) is 0 Å². The molecule has 1 aliphatic rings. The van der Waals surface area contributed by atoms with Gasteiger partial charge in [0.05, 0.1) is 0 Å². The molecule has 0 radical (unpaired) electrons. The van der Waals surface area contributed by atoms with E-state index in [1.54, 1.807) is 0 Å². The first kappa shape index (κ1) is 12.6. The van der Waals surface area contributed by atoms with Gasteiger partial charge >= 0.3 is 0 Å². The zero-order chi connectivity index (χ0) is 12.3. The molecule has 1 fully saturated rings. The third-order valence-corrected chi connectivity index (χ3v) is 4.19. The lowest BCUT2D eigenvalue weighted by molar-refractivity contribution is 0.304. The summed E-state index contributed by atoms with van der Waals surface area (Å²) in [5, 5.41) is 3.67. The molecule has 0 aromatic carbocycles. The van der Waals surface area contributed by atoms with Crippen molar-refractivity contribution in [1.29, 1.82) is 0 Å². The summed E-state index contributed by atoms with van der Waals surface area (Å²) in [5.74, 6) is 1.61. The van der Waals surface area contributed by atoms with Gasteiger partial charge in [0.25, 0.3) is 0 Å². The number of pyridine rings is 1. The Balaban J connectivity index is 2.25. The maximum Gasteiger partial charge on any atom is 0.0369 e. The van der Waals surface area contributed by atoms with Crippen LogP contribution in [0.4, 0.5) is 0 Å². The minimum absolute atomic E-state index is 0.492. The van der Waals surface area contributed by atoms with Crippen molar-refractivity contribution in [2.45, 2.75) is 46.1 Å². The molecule has 0 amide bonds. The van der Waals surface area contributed by atoms with E-state index >= 15 is 0 Å². The van der Waals surface area contributed by atoms with E-state index in [-0.39, 0.29) is 0 Å². The summed E-state index contributed by atoms with van der Waals surface area (Å²) in [6.45, 7) is 7.81. The van der Waals surface area contributed by atoms with Crippen molar-refractivity contribution in [2.75, 3.05) is 6.54 Å². The van der Waals surface area contributed by atoms with Crippen LogP contribution in [0.25, 0.3) is 0 Å². The van der Waals surface area contributed by atoms with Crippen LogP contribution < -0.4 is 5.32 Å². The lowest BCUT2D eigenvalue weighted by Crippen LogP contribution is -2.30. The van der Waals surface area contributed by atoms with Crippen LogP contribution in [0, 0.1) is 18.8 Å². The molecule has 1 saturated carbocycles. The molecule has 2 rings (SSSR count). The number of hydrogen-bond donors (Lipinski definition) is 1. The lowest BCUT2D eigenvalue weighted by atomic mass is 9.85. The first-order valence-corrected chi connectivity index (χ1v) is 6.88. The van der Waals surface area contributed by atoms with Gasteiger partial charge in [-0.25, -0.2) is 0 Å². The fraction of sp³-hybridized carbons (Fsp3) is 0.667. The number of aromatic nitrogens is 1. The Bertz CT molecular complexity index is 362. The van der Waals surface area contributed by atoms with E-state index in [9.17, 15) is 0 Å². The highest BCUT2D eigenvalue weighted by atomic mass is 14.9. The normalized spacial score (nSPS) is 26.1. The summed E-state index contributed by atoms with van der Waals surface area (Å²) in [7, 11) is 0. The summed E-state index contributed by atoms with van der Waals surface area (Å²) in [5.41, 5.74) is 2.76. The van der Waals surface area contributed by atoms with Crippen molar-refractivity contribution < 1.29 is 0 Å². The van der Waals surface area contributed by atoms with Crippen LogP contribution in [-0.4, -0.2) is 11.5 Å². The number of nitrogens with one attached hydrogen (secondary N) is 1. The van der Waals surface area contributed by atoms with E-state index < -0.39 is 0 Å². The fourth-order valence-electron chi connectivity index (χ4n) is 3.18. The number of rotatable bonds is 4. The molecule has 1 aromatic heterocycles. The van der Waals surface area contributed by atoms with Gasteiger partial charge in [0.1, 0.15) is 0 Å². The molecule has 0 aliphatic heterocycles. The Morgan fingerprint density at radius 3 is 2.88 bits per heavy atom. The van der Waals surface area contributed by atoms with Crippen LogP contribution in [0.15, 0.2) is 18.5 Å². The topological polar surface area (TPSA) is 24.9 Å². The van der Waals surface area contributed by atoms with Gasteiger partial charge in [0.2, 0.25) is 0 Å². The van der Waals surface area contributed by atoms with Crippen molar-refractivity contribution in [1.82, 2.24) is 10.3 Å². The van der Waals surface area contributed by atoms with E-state index in [0.29, 0.717) is 6.04 Å². The molecule has 94 valence electrons. The van der Waals surface area contributed by atoms with E-state index in [2.05, 4.69) is 37.1 Å². The molecule has 3 unspecified atom stereocenters. The van der Waals surface area contributed by atoms with E-state index in [1.165, 1.54) is 30.4 Å². The molecular weight excluding hydrogens is 208 g/mol. The van der Waals surface area contributed by atoms with Crippen LogP contribution >= 0.6 is 0 Å². The highest BCUT2D eigenvalue weighted by Crippen LogP contribution is 2.40. The van der Waals surface area contributed by atoms with Crippen LogP contribution in [-0.2, 0) is 0 Å². The molecule has 1 heterocycles. The highest BCUT2D eigenvalue weighted by molar-refractivity contribution is 5.26. The van der Waals surface area contributed by atoms with Crippen molar-refractivity contribution in [3.05, 3.63) is 29.6 Å². The minimum atomic E-state index is 0.492. The van der Waals surface area contributed by atoms with Gasteiger partial charge in [0.15, 0.2) is 0 Å². The quantitative estimate of drug-likeness (QED) is 0.859. The maximum absolute atomic E-state index is 4.31. The average Bonchev–Trinajstić information content (AvgIpc) is 2.74. The molecule has 1 N–H and O–H groups in total. The summed E-state index contributed by atoms with van der Waals surface area (Å²) in [6.07, 6.45) is 8.06. The first-order valence-electron chi connectivity index (χ1n) is 6.88. The maximum atomic E-state index is 4.31. The molecule has 0 saturated heterocycles. The fourth-order valence-corrected chi connectivity index (χ4v) is 3.18. The SMILES string of the molecule is CCNC(c1cnccc1C)C1CCCC1C. The zero-order valence-electron chi connectivity index (χ0n) is 11.2.